The fourth-order valence-electron chi connectivity index (χ4n) is 6.31. The number of nitrogens with zero attached hydrogens (tertiary/aromatic N) is 3. The Morgan fingerprint density at radius 2 is 1.94 bits per heavy atom. The fraction of sp³-hybridized carbons (Fsp3) is 0.714. The number of rotatable bonds is 8. The van der Waals surface area contributed by atoms with E-state index in [0.717, 1.165) is 75.5 Å². The van der Waals surface area contributed by atoms with Crippen molar-refractivity contribution in [3.05, 3.63) is 24.0 Å². The maximum atomic E-state index is 13.7. The predicted molar refractivity (Wildman–Crippen MR) is 138 cm³/mol. The largest absolute Gasteiger partial charge is 0.375 e. The number of piperazine rings is 1. The SMILES string of the molecule is CC[C@H]1C[C@@H](CC(=O)NC2CCC(CCN3CCN(c4noc5ccc(F)cc45)CC3)CC2)[C@@H](C)O1. The van der Waals surface area contributed by atoms with Crippen molar-refractivity contribution >= 4 is 22.7 Å². The lowest BCUT2D eigenvalue weighted by Crippen LogP contribution is -2.47. The van der Waals surface area contributed by atoms with Gasteiger partial charge < -0.3 is 19.5 Å². The van der Waals surface area contributed by atoms with Gasteiger partial charge in [0.2, 0.25) is 5.91 Å². The van der Waals surface area contributed by atoms with Crippen LogP contribution in [-0.4, -0.2) is 66.9 Å². The first-order valence-corrected chi connectivity index (χ1v) is 14.0. The Kier molecular flexibility index (Phi) is 8.11. The van der Waals surface area contributed by atoms with Gasteiger partial charge in [0, 0.05) is 38.6 Å². The Labute approximate surface area is 213 Å². The number of hydrogen-bond donors (Lipinski definition) is 1. The Morgan fingerprint density at radius 3 is 2.67 bits per heavy atom. The highest BCUT2D eigenvalue weighted by atomic mass is 19.1. The monoisotopic (exact) mass is 500 g/mol. The number of benzene rings is 1. The van der Waals surface area contributed by atoms with Gasteiger partial charge in [-0.1, -0.05) is 12.1 Å². The quantitative estimate of drug-likeness (QED) is 0.564. The highest BCUT2D eigenvalue weighted by molar-refractivity contribution is 5.88. The van der Waals surface area contributed by atoms with E-state index in [2.05, 4.69) is 34.1 Å². The highest BCUT2D eigenvalue weighted by Gasteiger charge is 2.33. The maximum Gasteiger partial charge on any atom is 0.220 e. The summed E-state index contributed by atoms with van der Waals surface area (Å²) in [7, 11) is 0. The molecule has 3 aliphatic rings. The number of hydrogen-bond acceptors (Lipinski definition) is 6. The van der Waals surface area contributed by atoms with Crippen molar-refractivity contribution in [1.29, 1.82) is 0 Å². The summed E-state index contributed by atoms with van der Waals surface area (Å²) in [6.07, 6.45) is 8.95. The van der Waals surface area contributed by atoms with Gasteiger partial charge in [-0.05, 0) is 88.4 Å². The fourth-order valence-corrected chi connectivity index (χ4v) is 6.31. The van der Waals surface area contributed by atoms with Gasteiger partial charge in [0.25, 0.3) is 0 Å². The zero-order valence-electron chi connectivity index (χ0n) is 21.8. The molecule has 2 saturated heterocycles. The minimum absolute atomic E-state index is 0.191. The van der Waals surface area contributed by atoms with Gasteiger partial charge in [-0.25, -0.2) is 4.39 Å². The Morgan fingerprint density at radius 1 is 1.17 bits per heavy atom. The average molecular weight is 501 g/mol. The second kappa shape index (κ2) is 11.5. The Bertz CT molecular complexity index is 1010. The Hall–Kier alpha value is -2.19. The van der Waals surface area contributed by atoms with Crippen LogP contribution >= 0.6 is 0 Å². The summed E-state index contributed by atoms with van der Waals surface area (Å²) in [6, 6.07) is 4.89. The van der Waals surface area contributed by atoms with E-state index < -0.39 is 0 Å². The topological polar surface area (TPSA) is 70.8 Å². The smallest absolute Gasteiger partial charge is 0.220 e. The molecule has 198 valence electrons. The second-order valence-electron chi connectivity index (χ2n) is 11.1. The molecule has 0 bridgehead atoms. The van der Waals surface area contributed by atoms with E-state index in [4.69, 9.17) is 9.26 Å². The van der Waals surface area contributed by atoms with Crippen LogP contribution < -0.4 is 10.2 Å². The van der Waals surface area contributed by atoms with Crippen molar-refractivity contribution in [3.8, 4) is 0 Å². The Balaban J connectivity index is 0.991. The summed E-state index contributed by atoms with van der Waals surface area (Å²) >= 11 is 0. The number of carbonyl (C=O) groups excluding carboxylic acids is 1. The number of ether oxygens (including phenoxy) is 1. The molecule has 3 atom stereocenters. The molecule has 0 radical (unpaired) electrons. The molecule has 3 fully saturated rings. The van der Waals surface area contributed by atoms with Crippen LogP contribution in [0.25, 0.3) is 11.0 Å². The molecule has 1 aliphatic carbocycles. The third-order valence-corrected chi connectivity index (χ3v) is 8.69. The first-order chi connectivity index (χ1) is 17.5. The molecule has 2 aromatic rings. The molecule has 8 heteroatoms. The normalized spacial score (nSPS) is 29.6. The van der Waals surface area contributed by atoms with Crippen molar-refractivity contribution in [2.75, 3.05) is 37.6 Å². The third kappa shape index (κ3) is 6.02. The lowest BCUT2D eigenvalue weighted by molar-refractivity contribution is -0.123. The number of amides is 1. The number of aromatic nitrogens is 1. The average Bonchev–Trinajstić information content (AvgIpc) is 3.46. The second-order valence-corrected chi connectivity index (χ2v) is 11.1. The van der Waals surface area contributed by atoms with E-state index >= 15 is 0 Å². The third-order valence-electron chi connectivity index (χ3n) is 8.69. The molecule has 1 amide bonds. The highest BCUT2D eigenvalue weighted by Crippen LogP contribution is 2.32. The minimum Gasteiger partial charge on any atom is -0.375 e. The van der Waals surface area contributed by atoms with Crippen LogP contribution in [0.1, 0.15) is 65.2 Å². The van der Waals surface area contributed by atoms with E-state index in [1.165, 1.54) is 31.4 Å². The molecule has 7 nitrogen and oxygen atoms in total. The summed E-state index contributed by atoms with van der Waals surface area (Å²) in [5.74, 6) is 1.80. The molecule has 3 heterocycles. The van der Waals surface area contributed by atoms with Gasteiger partial charge in [-0.2, -0.15) is 0 Å². The van der Waals surface area contributed by atoms with Crippen LogP contribution in [0.2, 0.25) is 0 Å². The van der Waals surface area contributed by atoms with Crippen molar-refractivity contribution in [3.63, 3.8) is 0 Å². The van der Waals surface area contributed by atoms with Crippen LogP contribution in [0.5, 0.6) is 0 Å². The van der Waals surface area contributed by atoms with E-state index in [0.29, 0.717) is 30.1 Å². The molecule has 5 rings (SSSR count). The number of carbonyl (C=O) groups is 1. The number of fused-ring (bicyclic) bond motifs is 1. The van der Waals surface area contributed by atoms with Gasteiger partial charge in [-0.3, -0.25) is 9.69 Å². The van der Waals surface area contributed by atoms with Crippen molar-refractivity contribution in [2.24, 2.45) is 11.8 Å². The van der Waals surface area contributed by atoms with Crippen LogP contribution in [0.3, 0.4) is 0 Å². The van der Waals surface area contributed by atoms with E-state index in [-0.39, 0.29) is 17.8 Å². The molecule has 2 aliphatic heterocycles. The van der Waals surface area contributed by atoms with Crippen LogP contribution in [0, 0.1) is 17.7 Å². The van der Waals surface area contributed by atoms with E-state index in [1.54, 1.807) is 6.07 Å². The molecular weight excluding hydrogens is 459 g/mol. The minimum atomic E-state index is -0.261. The van der Waals surface area contributed by atoms with Crippen molar-refractivity contribution in [1.82, 2.24) is 15.4 Å². The maximum absolute atomic E-state index is 13.7. The summed E-state index contributed by atoms with van der Waals surface area (Å²) < 4.78 is 25.0. The molecule has 36 heavy (non-hydrogen) atoms. The summed E-state index contributed by atoms with van der Waals surface area (Å²) in [4.78, 5) is 17.4. The summed E-state index contributed by atoms with van der Waals surface area (Å²) in [5.41, 5.74) is 0.632. The molecular formula is C28H41FN4O3. The molecule has 0 unspecified atom stereocenters. The molecule has 1 N–H and O–H groups in total. The number of halogens is 1. The van der Waals surface area contributed by atoms with Gasteiger partial charge in [0.1, 0.15) is 5.82 Å². The predicted octanol–water partition coefficient (Wildman–Crippen LogP) is 4.75. The molecule has 1 aromatic carbocycles. The van der Waals surface area contributed by atoms with Crippen LogP contribution in [-0.2, 0) is 9.53 Å². The van der Waals surface area contributed by atoms with Gasteiger partial charge in [0.15, 0.2) is 11.4 Å². The summed E-state index contributed by atoms with van der Waals surface area (Å²) in [5, 5.41) is 8.27. The first kappa shape index (κ1) is 25.5. The number of nitrogens with one attached hydrogen (secondary N) is 1. The zero-order valence-corrected chi connectivity index (χ0v) is 21.8. The summed E-state index contributed by atoms with van der Waals surface area (Å²) in [6.45, 7) is 9.09. The van der Waals surface area contributed by atoms with E-state index in [9.17, 15) is 9.18 Å². The van der Waals surface area contributed by atoms with E-state index in [1.807, 2.05) is 0 Å². The van der Waals surface area contributed by atoms with Gasteiger partial charge in [0.05, 0.1) is 17.6 Å². The zero-order chi connectivity index (χ0) is 25.1. The molecule has 1 saturated carbocycles. The van der Waals surface area contributed by atoms with Crippen LogP contribution in [0.15, 0.2) is 22.7 Å². The lowest BCUT2D eigenvalue weighted by atomic mass is 9.83. The lowest BCUT2D eigenvalue weighted by Gasteiger charge is -2.36. The van der Waals surface area contributed by atoms with Crippen molar-refractivity contribution in [2.45, 2.75) is 83.5 Å². The van der Waals surface area contributed by atoms with Crippen LogP contribution in [0.4, 0.5) is 10.2 Å². The first-order valence-electron chi connectivity index (χ1n) is 14.0. The molecule has 0 spiro atoms. The van der Waals surface area contributed by atoms with Gasteiger partial charge in [-0.15, -0.1) is 0 Å². The van der Waals surface area contributed by atoms with Gasteiger partial charge >= 0.3 is 0 Å². The standard InChI is InChI=1S/C28H41FN4O3/c1-3-24-16-21(19(2)35-24)17-27(34)30-23-7-4-20(5-8-23)10-11-32-12-14-33(15-13-32)28-25-18-22(29)6-9-26(25)36-31-28/h6,9,18-21,23-24H,3-5,7-8,10-17H2,1-2H3,(H,30,34)/t19-,20?,21+,23?,24+/m1/s1. The van der Waals surface area contributed by atoms with Crippen molar-refractivity contribution < 1.29 is 18.4 Å². The number of anilines is 1. The molecule has 1 aromatic heterocycles.